The van der Waals surface area contributed by atoms with Crippen LogP contribution in [0.25, 0.3) is 0 Å². The van der Waals surface area contributed by atoms with Crippen LogP contribution in [0, 0.1) is 11.8 Å². The normalized spacial score (nSPS) is 10.8. The summed E-state index contributed by atoms with van der Waals surface area (Å²) in [7, 11) is 0. The Morgan fingerprint density at radius 3 is 1.39 bits per heavy atom. The lowest BCUT2D eigenvalue weighted by Crippen LogP contribution is -2.11. The predicted octanol–water partition coefficient (Wildman–Crippen LogP) is 2.95. The molecule has 0 aromatic carbocycles. The van der Waals surface area contributed by atoms with Crippen molar-refractivity contribution in [2.45, 2.75) is 53.4 Å². The fraction of sp³-hybridized carbons (Fsp3) is 0.857. The van der Waals surface area contributed by atoms with Crippen molar-refractivity contribution < 1.29 is 19.1 Å². The lowest BCUT2D eigenvalue weighted by Gasteiger charge is -2.08. The Morgan fingerprint density at radius 1 is 0.778 bits per heavy atom. The standard InChI is InChI=1S/C14H26O4/c1-11(2)9-17-13(15)7-5-6-8-14(16)18-10-12(3)4/h11-12H,5-10H2,1-4H3. The number of unbranched alkanes of at least 4 members (excludes halogenated alkanes) is 1. The summed E-state index contributed by atoms with van der Waals surface area (Å²) in [6.45, 7) is 8.93. The summed E-state index contributed by atoms with van der Waals surface area (Å²) in [5, 5.41) is 0. The van der Waals surface area contributed by atoms with E-state index < -0.39 is 0 Å². The number of carbonyl (C=O) groups excluding carboxylic acids is 2. The first-order chi connectivity index (χ1) is 8.41. The van der Waals surface area contributed by atoms with Crippen LogP contribution in [0.15, 0.2) is 0 Å². The molecular weight excluding hydrogens is 232 g/mol. The molecule has 0 aliphatic carbocycles. The van der Waals surface area contributed by atoms with Crippen LogP contribution in [-0.4, -0.2) is 25.2 Å². The summed E-state index contributed by atoms with van der Waals surface area (Å²) in [5.41, 5.74) is 0. The van der Waals surface area contributed by atoms with Crippen molar-refractivity contribution in [3.05, 3.63) is 0 Å². The van der Waals surface area contributed by atoms with Crippen molar-refractivity contribution in [3.8, 4) is 0 Å². The summed E-state index contributed by atoms with van der Waals surface area (Å²) in [5.74, 6) is 0.360. The Hall–Kier alpha value is -1.06. The molecule has 0 N–H and O–H groups in total. The van der Waals surface area contributed by atoms with Gasteiger partial charge in [0.05, 0.1) is 13.2 Å². The van der Waals surface area contributed by atoms with Gasteiger partial charge < -0.3 is 9.47 Å². The molecule has 0 heterocycles. The van der Waals surface area contributed by atoms with Gasteiger partial charge in [-0.15, -0.1) is 0 Å². The molecule has 4 nitrogen and oxygen atoms in total. The number of carbonyl (C=O) groups is 2. The minimum absolute atomic E-state index is 0.181. The minimum Gasteiger partial charge on any atom is -0.465 e. The largest absolute Gasteiger partial charge is 0.465 e. The van der Waals surface area contributed by atoms with Gasteiger partial charge in [0.2, 0.25) is 0 Å². The van der Waals surface area contributed by atoms with Gasteiger partial charge in [0.15, 0.2) is 0 Å². The SMILES string of the molecule is CC(C)COC(=O)CCCCC(=O)OCC(C)C. The third kappa shape index (κ3) is 11.4. The maximum Gasteiger partial charge on any atom is 0.305 e. The summed E-state index contributed by atoms with van der Waals surface area (Å²) < 4.78 is 10.1. The van der Waals surface area contributed by atoms with E-state index in [0.29, 0.717) is 50.7 Å². The number of rotatable bonds is 9. The van der Waals surface area contributed by atoms with Gasteiger partial charge >= 0.3 is 11.9 Å². The Bertz CT molecular complexity index is 220. The second-order valence-corrected chi connectivity index (χ2v) is 5.36. The molecule has 0 rings (SSSR count). The van der Waals surface area contributed by atoms with Gasteiger partial charge in [0.25, 0.3) is 0 Å². The molecule has 0 atom stereocenters. The highest BCUT2D eigenvalue weighted by Gasteiger charge is 2.07. The van der Waals surface area contributed by atoms with E-state index in [1.165, 1.54) is 0 Å². The van der Waals surface area contributed by atoms with E-state index in [0.717, 1.165) is 0 Å². The number of ether oxygens (including phenoxy) is 2. The zero-order valence-electron chi connectivity index (χ0n) is 12.0. The van der Waals surface area contributed by atoms with Crippen LogP contribution in [0.4, 0.5) is 0 Å². The molecule has 0 fully saturated rings. The van der Waals surface area contributed by atoms with E-state index in [-0.39, 0.29) is 11.9 Å². The number of hydrogen-bond acceptors (Lipinski definition) is 4. The second kappa shape index (κ2) is 9.92. The maximum absolute atomic E-state index is 11.3. The third-order valence-corrected chi connectivity index (χ3v) is 2.17. The molecule has 0 aromatic rings. The summed E-state index contributed by atoms with van der Waals surface area (Å²) >= 11 is 0. The Kier molecular flexibility index (Phi) is 9.33. The van der Waals surface area contributed by atoms with Gasteiger partial charge in [0.1, 0.15) is 0 Å². The Labute approximate surface area is 110 Å². The fourth-order valence-corrected chi connectivity index (χ4v) is 1.20. The van der Waals surface area contributed by atoms with Crippen LogP contribution in [0.2, 0.25) is 0 Å². The molecule has 0 radical (unpaired) electrons. The van der Waals surface area contributed by atoms with Gasteiger partial charge in [-0.3, -0.25) is 9.59 Å². The average molecular weight is 258 g/mol. The highest BCUT2D eigenvalue weighted by atomic mass is 16.5. The first-order valence-corrected chi connectivity index (χ1v) is 6.73. The first kappa shape index (κ1) is 16.9. The van der Waals surface area contributed by atoms with Crippen LogP contribution < -0.4 is 0 Å². The number of esters is 2. The van der Waals surface area contributed by atoms with Crippen LogP contribution in [0.1, 0.15) is 53.4 Å². The van der Waals surface area contributed by atoms with E-state index in [9.17, 15) is 9.59 Å². The van der Waals surface area contributed by atoms with Crippen LogP contribution in [0.5, 0.6) is 0 Å². The quantitative estimate of drug-likeness (QED) is 0.471. The van der Waals surface area contributed by atoms with Crippen LogP contribution >= 0.6 is 0 Å². The van der Waals surface area contributed by atoms with Gasteiger partial charge in [-0.05, 0) is 24.7 Å². The molecule has 18 heavy (non-hydrogen) atoms. The molecule has 0 bridgehead atoms. The van der Waals surface area contributed by atoms with Crippen LogP contribution in [-0.2, 0) is 19.1 Å². The van der Waals surface area contributed by atoms with Gasteiger partial charge in [-0.2, -0.15) is 0 Å². The predicted molar refractivity (Wildman–Crippen MR) is 70.1 cm³/mol. The lowest BCUT2D eigenvalue weighted by atomic mass is 10.2. The van der Waals surface area contributed by atoms with Gasteiger partial charge in [-0.25, -0.2) is 0 Å². The molecular formula is C14H26O4. The van der Waals surface area contributed by atoms with Crippen molar-refractivity contribution >= 4 is 11.9 Å². The minimum atomic E-state index is -0.181. The van der Waals surface area contributed by atoms with E-state index in [1.54, 1.807) is 0 Å². The Morgan fingerprint density at radius 2 is 1.11 bits per heavy atom. The maximum atomic E-state index is 11.3. The van der Waals surface area contributed by atoms with E-state index in [1.807, 2.05) is 27.7 Å². The molecule has 0 saturated heterocycles. The summed E-state index contributed by atoms with van der Waals surface area (Å²) in [6.07, 6.45) is 2.11. The number of hydrogen-bond donors (Lipinski definition) is 0. The van der Waals surface area contributed by atoms with Crippen LogP contribution in [0.3, 0.4) is 0 Å². The average Bonchev–Trinajstić information content (AvgIpc) is 2.29. The smallest absolute Gasteiger partial charge is 0.305 e. The van der Waals surface area contributed by atoms with E-state index in [2.05, 4.69) is 0 Å². The van der Waals surface area contributed by atoms with E-state index in [4.69, 9.17) is 9.47 Å². The molecule has 0 unspecified atom stereocenters. The zero-order valence-corrected chi connectivity index (χ0v) is 12.0. The van der Waals surface area contributed by atoms with Gasteiger partial charge in [-0.1, -0.05) is 27.7 Å². The van der Waals surface area contributed by atoms with Crippen molar-refractivity contribution in [2.24, 2.45) is 11.8 Å². The van der Waals surface area contributed by atoms with Crippen molar-refractivity contribution in [1.82, 2.24) is 0 Å². The molecule has 0 aromatic heterocycles. The van der Waals surface area contributed by atoms with E-state index >= 15 is 0 Å². The Balaban J connectivity index is 3.44. The highest BCUT2D eigenvalue weighted by Crippen LogP contribution is 2.05. The molecule has 0 aliphatic rings. The molecule has 0 spiro atoms. The van der Waals surface area contributed by atoms with Crippen molar-refractivity contribution in [2.75, 3.05) is 13.2 Å². The fourth-order valence-electron chi connectivity index (χ4n) is 1.20. The molecule has 0 aliphatic heterocycles. The third-order valence-electron chi connectivity index (χ3n) is 2.17. The molecule has 4 heteroatoms. The second-order valence-electron chi connectivity index (χ2n) is 5.36. The monoisotopic (exact) mass is 258 g/mol. The summed E-state index contributed by atoms with van der Waals surface area (Å²) in [6, 6.07) is 0. The lowest BCUT2D eigenvalue weighted by molar-refractivity contribution is -0.147. The molecule has 0 saturated carbocycles. The summed E-state index contributed by atoms with van der Waals surface area (Å²) in [4.78, 5) is 22.5. The first-order valence-electron chi connectivity index (χ1n) is 6.73. The zero-order chi connectivity index (χ0) is 14.0. The molecule has 0 amide bonds. The van der Waals surface area contributed by atoms with Gasteiger partial charge in [0, 0.05) is 12.8 Å². The topological polar surface area (TPSA) is 52.6 Å². The molecule has 106 valence electrons. The van der Waals surface area contributed by atoms with Crippen molar-refractivity contribution in [3.63, 3.8) is 0 Å². The highest BCUT2D eigenvalue weighted by molar-refractivity contribution is 5.70. The van der Waals surface area contributed by atoms with Crippen molar-refractivity contribution in [1.29, 1.82) is 0 Å².